The molecule has 21 heavy (non-hydrogen) atoms. The van der Waals surface area contributed by atoms with Gasteiger partial charge >= 0.3 is 0 Å². The maximum atomic E-state index is 5.69. The zero-order valence-electron chi connectivity index (χ0n) is 12.3. The summed E-state index contributed by atoms with van der Waals surface area (Å²) in [5.74, 6) is 2.71. The number of benzene rings is 1. The molecule has 0 aliphatic rings. The van der Waals surface area contributed by atoms with Crippen molar-refractivity contribution in [3.63, 3.8) is 0 Å². The number of nitrogen functional groups attached to an aromatic ring is 1. The van der Waals surface area contributed by atoms with Crippen LogP contribution in [0, 0.1) is 0 Å². The molecule has 1 heterocycles. The molecule has 2 aromatic rings. The first-order valence-corrected chi connectivity index (χ1v) is 7.00. The molecule has 0 radical (unpaired) electrons. The fourth-order valence-electron chi connectivity index (χ4n) is 1.73. The van der Waals surface area contributed by atoms with Gasteiger partial charge in [0, 0.05) is 12.6 Å². The number of anilines is 2. The number of nitrogens with zero attached hydrogens (tertiary/aromatic N) is 2. The predicted molar refractivity (Wildman–Crippen MR) is 82.9 cm³/mol. The zero-order valence-corrected chi connectivity index (χ0v) is 12.3. The third-order valence-corrected chi connectivity index (χ3v) is 2.63. The van der Waals surface area contributed by atoms with E-state index in [1.54, 1.807) is 6.07 Å². The number of hydrogen-bond acceptors (Lipinski definition) is 6. The third kappa shape index (κ3) is 4.52. The van der Waals surface area contributed by atoms with Crippen molar-refractivity contribution in [1.82, 2.24) is 9.97 Å². The van der Waals surface area contributed by atoms with E-state index in [4.69, 9.17) is 15.2 Å². The standard InChI is InChI=1S/C15H20N4O2/c1-3-9-17-13-10-14(19-15(16)18-13)21-12-7-5-11(6-8-12)20-4-2/h5-8,10H,3-4,9H2,1-2H3,(H3,16,17,18,19). The van der Waals surface area contributed by atoms with E-state index in [0.29, 0.717) is 24.1 Å². The van der Waals surface area contributed by atoms with Crippen molar-refractivity contribution < 1.29 is 9.47 Å². The molecule has 0 spiro atoms. The Balaban J connectivity index is 2.09. The molecule has 0 aliphatic carbocycles. The van der Waals surface area contributed by atoms with E-state index in [2.05, 4.69) is 22.2 Å². The molecule has 6 heteroatoms. The molecule has 0 fully saturated rings. The number of aromatic nitrogens is 2. The van der Waals surface area contributed by atoms with Crippen molar-refractivity contribution in [2.24, 2.45) is 0 Å². The first kappa shape index (κ1) is 14.9. The number of nitrogens with two attached hydrogens (primary N) is 1. The highest BCUT2D eigenvalue weighted by Gasteiger charge is 2.05. The molecule has 1 aromatic heterocycles. The van der Waals surface area contributed by atoms with Gasteiger partial charge in [-0.25, -0.2) is 0 Å². The van der Waals surface area contributed by atoms with Gasteiger partial charge in [-0.15, -0.1) is 0 Å². The minimum atomic E-state index is 0.178. The van der Waals surface area contributed by atoms with Crippen LogP contribution in [0.3, 0.4) is 0 Å². The van der Waals surface area contributed by atoms with Crippen LogP contribution in [0.2, 0.25) is 0 Å². The average molecular weight is 288 g/mol. The van der Waals surface area contributed by atoms with Gasteiger partial charge in [0.2, 0.25) is 11.8 Å². The summed E-state index contributed by atoms with van der Waals surface area (Å²) in [5, 5.41) is 3.16. The first-order chi connectivity index (χ1) is 10.2. The van der Waals surface area contributed by atoms with E-state index in [-0.39, 0.29) is 5.95 Å². The molecular formula is C15H20N4O2. The van der Waals surface area contributed by atoms with Gasteiger partial charge in [0.05, 0.1) is 6.61 Å². The van der Waals surface area contributed by atoms with Crippen molar-refractivity contribution in [3.05, 3.63) is 30.3 Å². The third-order valence-electron chi connectivity index (χ3n) is 2.63. The molecule has 0 amide bonds. The summed E-state index contributed by atoms with van der Waals surface area (Å²) in [7, 11) is 0. The normalized spacial score (nSPS) is 10.2. The summed E-state index contributed by atoms with van der Waals surface area (Å²) in [6.07, 6.45) is 0.999. The van der Waals surface area contributed by atoms with Crippen LogP contribution < -0.4 is 20.5 Å². The maximum absolute atomic E-state index is 5.69. The molecule has 0 bridgehead atoms. The lowest BCUT2D eigenvalue weighted by Gasteiger charge is -2.09. The number of hydrogen-bond donors (Lipinski definition) is 2. The maximum Gasteiger partial charge on any atom is 0.226 e. The molecule has 6 nitrogen and oxygen atoms in total. The van der Waals surface area contributed by atoms with Gasteiger partial charge in [0.1, 0.15) is 17.3 Å². The van der Waals surface area contributed by atoms with Crippen LogP contribution >= 0.6 is 0 Å². The number of ether oxygens (including phenoxy) is 2. The highest BCUT2D eigenvalue weighted by molar-refractivity contribution is 5.44. The summed E-state index contributed by atoms with van der Waals surface area (Å²) in [4.78, 5) is 8.18. The Bertz CT molecular complexity index is 572. The first-order valence-electron chi connectivity index (χ1n) is 7.00. The van der Waals surface area contributed by atoms with E-state index in [1.165, 1.54) is 0 Å². The van der Waals surface area contributed by atoms with E-state index < -0.39 is 0 Å². The lowest BCUT2D eigenvalue weighted by atomic mass is 10.3. The number of rotatable bonds is 7. The SMILES string of the molecule is CCCNc1cc(Oc2ccc(OCC)cc2)nc(N)n1. The Morgan fingerprint density at radius 3 is 2.48 bits per heavy atom. The summed E-state index contributed by atoms with van der Waals surface area (Å²) < 4.78 is 11.1. The van der Waals surface area contributed by atoms with Crippen molar-refractivity contribution in [3.8, 4) is 17.4 Å². The molecule has 0 aliphatic heterocycles. The monoisotopic (exact) mass is 288 g/mol. The minimum absolute atomic E-state index is 0.178. The van der Waals surface area contributed by atoms with Crippen LogP contribution in [0.15, 0.2) is 30.3 Å². The zero-order chi connectivity index (χ0) is 15.1. The lowest BCUT2D eigenvalue weighted by molar-refractivity contribution is 0.339. The fraction of sp³-hybridized carbons (Fsp3) is 0.333. The van der Waals surface area contributed by atoms with Crippen LogP contribution in [-0.4, -0.2) is 23.1 Å². The van der Waals surface area contributed by atoms with Gasteiger partial charge in [-0.2, -0.15) is 9.97 Å². The molecule has 112 valence electrons. The lowest BCUT2D eigenvalue weighted by Crippen LogP contribution is -2.05. The number of nitrogens with one attached hydrogen (secondary N) is 1. The summed E-state index contributed by atoms with van der Waals surface area (Å²) in [5.41, 5.74) is 5.69. The molecule has 0 saturated carbocycles. The van der Waals surface area contributed by atoms with E-state index in [1.807, 2.05) is 31.2 Å². The molecule has 0 atom stereocenters. The summed E-state index contributed by atoms with van der Waals surface area (Å²) >= 11 is 0. The van der Waals surface area contributed by atoms with E-state index in [9.17, 15) is 0 Å². The Hall–Kier alpha value is -2.50. The van der Waals surface area contributed by atoms with Gasteiger partial charge < -0.3 is 20.5 Å². The highest BCUT2D eigenvalue weighted by atomic mass is 16.5. The second-order valence-corrected chi connectivity index (χ2v) is 4.38. The van der Waals surface area contributed by atoms with Gasteiger partial charge in [-0.05, 0) is 37.6 Å². The Morgan fingerprint density at radius 2 is 1.81 bits per heavy atom. The molecule has 0 saturated heterocycles. The van der Waals surface area contributed by atoms with Crippen molar-refractivity contribution in [1.29, 1.82) is 0 Å². The Kier molecular flexibility index (Phi) is 5.20. The quantitative estimate of drug-likeness (QED) is 0.814. The largest absolute Gasteiger partial charge is 0.494 e. The van der Waals surface area contributed by atoms with Crippen LogP contribution in [0.4, 0.5) is 11.8 Å². The second-order valence-electron chi connectivity index (χ2n) is 4.38. The van der Waals surface area contributed by atoms with Crippen molar-refractivity contribution in [2.75, 3.05) is 24.2 Å². The molecule has 2 rings (SSSR count). The molecule has 0 unspecified atom stereocenters. The van der Waals surface area contributed by atoms with Crippen LogP contribution in [-0.2, 0) is 0 Å². The van der Waals surface area contributed by atoms with Crippen molar-refractivity contribution in [2.45, 2.75) is 20.3 Å². The van der Waals surface area contributed by atoms with Crippen LogP contribution in [0.1, 0.15) is 20.3 Å². The highest BCUT2D eigenvalue weighted by Crippen LogP contribution is 2.24. The minimum Gasteiger partial charge on any atom is -0.494 e. The predicted octanol–water partition coefficient (Wildman–Crippen LogP) is 3.07. The summed E-state index contributed by atoms with van der Waals surface area (Å²) in [6, 6.07) is 9.06. The van der Waals surface area contributed by atoms with E-state index >= 15 is 0 Å². The van der Waals surface area contributed by atoms with Gasteiger partial charge in [0.15, 0.2) is 0 Å². The van der Waals surface area contributed by atoms with Gasteiger partial charge in [-0.3, -0.25) is 0 Å². The molecule has 1 aromatic carbocycles. The Morgan fingerprint density at radius 1 is 1.10 bits per heavy atom. The van der Waals surface area contributed by atoms with Crippen molar-refractivity contribution >= 4 is 11.8 Å². The molecular weight excluding hydrogens is 268 g/mol. The molecule has 3 N–H and O–H groups in total. The van der Waals surface area contributed by atoms with Gasteiger partial charge in [0.25, 0.3) is 0 Å². The van der Waals surface area contributed by atoms with Gasteiger partial charge in [-0.1, -0.05) is 6.92 Å². The van der Waals surface area contributed by atoms with E-state index in [0.717, 1.165) is 18.7 Å². The smallest absolute Gasteiger partial charge is 0.226 e. The second kappa shape index (κ2) is 7.33. The van der Waals surface area contributed by atoms with Crippen LogP contribution in [0.5, 0.6) is 17.4 Å². The van der Waals surface area contributed by atoms with Crippen LogP contribution in [0.25, 0.3) is 0 Å². The average Bonchev–Trinajstić information content (AvgIpc) is 2.47. The Labute approximate surface area is 124 Å². The fourth-order valence-corrected chi connectivity index (χ4v) is 1.73. The summed E-state index contributed by atoms with van der Waals surface area (Å²) in [6.45, 7) is 5.47. The topological polar surface area (TPSA) is 82.3 Å².